The maximum absolute atomic E-state index is 13.4. The largest absolute Gasteiger partial charge is 0.394 e. The van der Waals surface area contributed by atoms with E-state index in [-0.39, 0.29) is 12.3 Å². The molecule has 0 aromatic carbocycles. The van der Waals surface area contributed by atoms with E-state index in [2.05, 4.69) is 104 Å². The van der Waals surface area contributed by atoms with Gasteiger partial charge in [-0.1, -0.05) is 207 Å². The van der Waals surface area contributed by atoms with E-state index >= 15 is 0 Å². The first-order chi connectivity index (χ1) is 42.8. The summed E-state index contributed by atoms with van der Waals surface area (Å²) in [5.41, 5.74) is 0. The third-order valence-electron chi connectivity index (χ3n) is 16.1. The van der Waals surface area contributed by atoms with Crippen molar-refractivity contribution in [3.63, 3.8) is 0 Å². The molecule has 3 fully saturated rings. The van der Waals surface area contributed by atoms with Crippen molar-refractivity contribution in [1.29, 1.82) is 0 Å². The molecule has 0 saturated carbocycles. The monoisotopic (exact) mass is 1250 g/mol. The number of aliphatic hydroxyl groups excluding tert-OH is 11. The van der Waals surface area contributed by atoms with Gasteiger partial charge in [0.05, 0.1) is 38.6 Å². The molecule has 0 aromatic heterocycles. The number of allylic oxidation sites excluding steroid dienone is 15. The number of carbonyl (C=O) groups excluding carboxylic acids is 1. The lowest BCUT2D eigenvalue weighted by Crippen LogP contribution is -2.66. The fourth-order valence-electron chi connectivity index (χ4n) is 10.7. The van der Waals surface area contributed by atoms with Gasteiger partial charge in [-0.25, -0.2) is 0 Å². The molecule has 0 aliphatic carbocycles. The maximum atomic E-state index is 13.4. The van der Waals surface area contributed by atoms with Gasteiger partial charge in [-0.2, -0.15) is 0 Å². The van der Waals surface area contributed by atoms with Gasteiger partial charge in [0.2, 0.25) is 5.91 Å². The SMILES string of the molecule is CC/C=C\C/C=C\C/C=C\C/C=C\C/C=C\C/C=C\CCCCC(=O)NC(COC1OC(CO)C(OC2OC(CO)C(OC3OC(CO)C(O)C(O)C3O)C(O)C2O)C(O)C1O)C(O)/C=C/CC/C=C/CCCCCCCCCCCCCCCCCC. The van der Waals surface area contributed by atoms with E-state index < -0.39 is 131 Å². The Morgan fingerprint density at radius 1 is 0.420 bits per heavy atom. The first-order valence-electron chi connectivity index (χ1n) is 33.5. The highest BCUT2D eigenvalue weighted by atomic mass is 16.8. The first-order valence-corrected chi connectivity index (χ1v) is 33.5. The van der Waals surface area contributed by atoms with Crippen molar-refractivity contribution in [2.24, 2.45) is 0 Å². The lowest BCUT2D eigenvalue weighted by atomic mass is 9.96. The molecule has 3 aliphatic heterocycles. The molecule has 19 nitrogen and oxygen atoms in total. The molecular weight excluding hydrogens is 1130 g/mol. The molecule has 3 rings (SSSR count). The highest BCUT2D eigenvalue weighted by Crippen LogP contribution is 2.33. The second-order valence-electron chi connectivity index (χ2n) is 23.5. The summed E-state index contributed by atoms with van der Waals surface area (Å²) in [6.07, 6.45) is 38.1. The van der Waals surface area contributed by atoms with Crippen LogP contribution in [0.3, 0.4) is 0 Å². The van der Waals surface area contributed by atoms with Gasteiger partial charge in [-0.15, -0.1) is 0 Å². The molecule has 88 heavy (non-hydrogen) atoms. The van der Waals surface area contributed by atoms with Crippen LogP contribution in [0.15, 0.2) is 97.2 Å². The van der Waals surface area contributed by atoms with Crippen molar-refractivity contribution in [2.75, 3.05) is 26.4 Å². The molecule has 3 saturated heterocycles. The zero-order valence-electron chi connectivity index (χ0n) is 53.2. The van der Waals surface area contributed by atoms with Gasteiger partial charge < -0.3 is 89.9 Å². The molecule has 19 heteroatoms. The Bertz CT molecular complexity index is 1970. The average molecular weight is 1250 g/mol. The second-order valence-corrected chi connectivity index (χ2v) is 23.5. The summed E-state index contributed by atoms with van der Waals surface area (Å²) in [7, 11) is 0. The molecule has 0 spiro atoms. The summed E-state index contributed by atoms with van der Waals surface area (Å²) >= 11 is 0. The number of unbranched alkanes of at least 4 members (excludes halogenated alkanes) is 19. The molecule has 12 N–H and O–H groups in total. The minimum Gasteiger partial charge on any atom is -0.394 e. The predicted octanol–water partition coefficient (Wildman–Crippen LogP) is 8.10. The first kappa shape index (κ1) is 78.9. The van der Waals surface area contributed by atoms with Gasteiger partial charge in [0.15, 0.2) is 18.9 Å². The van der Waals surface area contributed by atoms with E-state index in [0.717, 1.165) is 70.6 Å². The van der Waals surface area contributed by atoms with Crippen LogP contribution in [-0.4, -0.2) is 193 Å². The van der Waals surface area contributed by atoms with Crippen LogP contribution < -0.4 is 5.32 Å². The van der Waals surface area contributed by atoms with Crippen molar-refractivity contribution in [3.8, 4) is 0 Å². The molecule has 3 aliphatic rings. The Labute approximate surface area is 526 Å². The summed E-state index contributed by atoms with van der Waals surface area (Å²) in [4.78, 5) is 13.4. The van der Waals surface area contributed by atoms with Crippen molar-refractivity contribution < 1.29 is 89.4 Å². The van der Waals surface area contributed by atoms with Crippen LogP contribution >= 0.6 is 0 Å². The number of amides is 1. The Hall–Kier alpha value is -3.29. The molecule has 0 bridgehead atoms. The lowest BCUT2D eigenvalue weighted by molar-refractivity contribution is -0.379. The van der Waals surface area contributed by atoms with E-state index in [0.29, 0.717) is 12.8 Å². The number of hydrogen-bond donors (Lipinski definition) is 12. The van der Waals surface area contributed by atoms with E-state index in [1.165, 1.54) is 96.3 Å². The third kappa shape index (κ3) is 32.3. The zero-order chi connectivity index (χ0) is 64.0. The second kappa shape index (κ2) is 50.3. The molecule has 506 valence electrons. The number of ether oxygens (including phenoxy) is 6. The molecule has 1 amide bonds. The van der Waals surface area contributed by atoms with Crippen molar-refractivity contribution in [2.45, 2.75) is 304 Å². The van der Waals surface area contributed by atoms with E-state index in [9.17, 15) is 61.0 Å². The quantitative estimate of drug-likeness (QED) is 0.0202. The van der Waals surface area contributed by atoms with Gasteiger partial charge in [-0.05, 0) is 83.5 Å². The molecule has 0 radical (unpaired) electrons. The summed E-state index contributed by atoms with van der Waals surface area (Å²) in [6, 6.07) is -1.02. The summed E-state index contributed by atoms with van der Waals surface area (Å²) in [5.74, 6) is -0.331. The van der Waals surface area contributed by atoms with Crippen LogP contribution in [0, 0.1) is 0 Å². The molecule has 3 heterocycles. The van der Waals surface area contributed by atoms with Gasteiger partial charge in [0.1, 0.15) is 73.2 Å². The summed E-state index contributed by atoms with van der Waals surface area (Å²) in [5, 5.41) is 120. The van der Waals surface area contributed by atoms with E-state index in [4.69, 9.17) is 28.4 Å². The number of nitrogens with one attached hydrogen (secondary N) is 1. The molecule has 17 atom stereocenters. The fourth-order valence-corrected chi connectivity index (χ4v) is 10.7. The number of aliphatic hydroxyl groups is 11. The van der Waals surface area contributed by atoms with Gasteiger partial charge >= 0.3 is 0 Å². The third-order valence-corrected chi connectivity index (χ3v) is 16.1. The van der Waals surface area contributed by atoms with Crippen molar-refractivity contribution in [3.05, 3.63) is 97.2 Å². The van der Waals surface area contributed by atoms with Gasteiger partial charge in [-0.3, -0.25) is 4.79 Å². The molecule has 17 unspecified atom stereocenters. The summed E-state index contributed by atoms with van der Waals surface area (Å²) in [6.45, 7) is 1.56. The zero-order valence-corrected chi connectivity index (χ0v) is 53.2. The lowest BCUT2D eigenvalue weighted by Gasteiger charge is -2.48. The van der Waals surface area contributed by atoms with Crippen molar-refractivity contribution >= 4 is 5.91 Å². The van der Waals surface area contributed by atoms with Crippen LogP contribution in [0.2, 0.25) is 0 Å². The van der Waals surface area contributed by atoms with Crippen LogP contribution in [0.5, 0.6) is 0 Å². The minimum atomic E-state index is -1.99. The Balaban J connectivity index is 1.50. The highest BCUT2D eigenvalue weighted by molar-refractivity contribution is 5.76. The highest BCUT2D eigenvalue weighted by Gasteiger charge is 2.53. The van der Waals surface area contributed by atoms with Gasteiger partial charge in [0.25, 0.3) is 0 Å². The van der Waals surface area contributed by atoms with Crippen LogP contribution in [0.1, 0.15) is 200 Å². The number of hydrogen-bond acceptors (Lipinski definition) is 18. The summed E-state index contributed by atoms with van der Waals surface area (Å²) < 4.78 is 34.3. The fraction of sp³-hybridized carbons (Fsp3) is 0.754. The normalized spacial score (nSPS) is 29.0. The topological polar surface area (TPSA) is 307 Å². The smallest absolute Gasteiger partial charge is 0.220 e. The standard InChI is InChI=1S/C69H117NO18/c1-3-5-7-9-11-13-15-17-19-21-23-25-27-28-30-32-34-36-38-40-42-44-46-53(74)52(70-57(75)47-45-43-41-39-37-35-33-31-29-26-24-22-20-18-16-14-12-10-8-6-4-2)51-83-67-63(81)60(78)65(55(49-72)85-67)88-69-64(82)61(79)66(56(50-73)86-69)87-68-62(80)59(77)58(76)54(48-71)84-68/h6,8,12,14,18,20,24,26,31,33,36-39,44,46,52-56,58-69,71-74,76-82H,3-5,7,9-11,13,15-17,19,21-23,25,27-30,32,34-35,40-43,45,47-51H2,1-2H3,(H,70,75)/b8-6-,14-12-,20-18-,26-24-,33-31-,38-36+,39-37-,46-44+. The van der Waals surface area contributed by atoms with E-state index in [1.54, 1.807) is 6.08 Å². The minimum absolute atomic E-state index is 0.175. The Morgan fingerprint density at radius 2 is 0.795 bits per heavy atom. The maximum Gasteiger partial charge on any atom is 0.220 e. The van der Waals surface area contributed by atoms with Crippen LogP contribution in [-0.2, 0) is 33.2 Å². The predicted molar refractivity (Wildman–Crippen MR) is 341 cm³/mol. The van der Waals surface area contributed by atoms with Crippen LogP contribution in [0.4, 0.5) is 0 Å². The number of carbonyl (C=O) groups is 1. The van der Waals surface area contributed by atoms with Crippen LogP contribution in [0.25, 0.3) is 0 Å². The average Bonchev–Trinajstić information content (AvgIpc) is 3.72. The Kier molecular flexibility index (Phi) is 45.1. The molecular formula is C69H117NO18. The van der Waals surface area contributed by atoms with Crippen molar-refractivity contribution in [1.82, 2.24) is 5.32 Å². The van der Waals surface area contributed by atoms with Gasteiger partial charge in [0, 0.05) is 6.42 Å². The Morgan fingerprint density at radius 3 is 1.27 bits per heavy atom. The number of rotatable bonds is 49. The van der Waals surface area contributed by atoms with E-state index in [1.807, 2.05) is 6.08 Å². The molecule has 0 aromatic rings.